The van der Waals surface area contributed by atoms with Gasteiger partial charge in [0.05, 0.1) is 17.7 Å². The fourth-order valence-electron chi connectivity index (χ4n) is 1.39. The Morgan fingerprint density at radius 3 is 3.20 bits per heavy atom. The monoisotopic (exact) mass is 316 g/mol. The van der Waals surface area contributed by atoms with Crippen molar-refractivity contribution in [3.05, 3.63) is 33.9 Å². The molecule has 0 amide bonds. The second kappa shape index (κ2) is 4.18. The van der Waals surface area contributed by atoms with E-state index in [0.717, 1.165) is 9.22 Å². The summed E-state index contributed by atoms with van der Waals surface area (Å²) in [6.07, 6.45) is 3.53. The number of carbonyl (C=O) groups excluding carboxylic acids is 1. The molecule has 0 saturated heterocycles. The molecule has 0 aliphatic carbocycles. The van der Waals surface area contributed by atoms with E-state index >= 15 is 0 Å². The van der Waals surface area contributed by atoms with Gasteiger partial charge in [-0.2, -0.15) is 0 Å². The Morgan fingerprint density at radius 1 is 1.67 bits per heavy atom. The lowest BCUT2D eigenvalue weighted by Gasteiger charge is -2.03. The molecular weight excluding hydrogens is 307 g/mol. The number of pyridine rings is 1. The van der Waals surface area contributed by atoms with Crippen molar-refractivity contribution in [2.45, 2.75) is 6.92 Å². The molecule has 2 aromatic heterocycles. The fourth-order valence-corrected chi connectivity index (χ4v) is 2.08. The number of hydrogen-bond donors (Lipinski definition) is 0. The number of hydrogen-bond acceptors (Lipinski definition) is 3. The zero-order valence-corrected chi connectivity index (χ0v) is 10.3. The van der Waals surface area contributed by atoms with Crippen LogP contribution in [0.4, 0.5) is 0 Å². The summed E-state index contributed by atoms with van der Waals surface area (Å²) in [6, 6.07) is 3.55. The second-order valence-electron chi connectivity index (χ2n) is 2.93. The van der Waals surface area contributed by atoms with Gasteiger partial charge in [0, 0.05) is 6.20 Å². The first kappa shape index (κ1) is 10.4. The van der Waals surface area contributed by atoms with Crippen molar-refractivity contribution in [2.75, 3.05) is 6.61 Å². The number of carbonyl (C=O) groups is 1. The third-order valence-electron chi connectivity index (χ3n) is 2.01. The van der Waals surface area contributed by atoms with Gasteiger partial charge in [-0.15, -0.1) is 0 Å². The highest BCUT2D eigenvalue weighted by atomic mass is 127. The first-order valence-corrected chi connectivity index (χ1v) is 5.60. The molecule has 0 bridgehead atoms. The van der Waals surface area contributed by atoms with Crippen LogP contribution >= 0.6 is 22.6 Å². The third-order valence-corrected chi connectivity index (χ3v) is 2.80. The number of imidazole rings is 1. The number of halogens is 1. The molecule has 0 atom stereocenters. The van der Waals surface area contributed by atoms with E-state index in [2.05, 4.69) is 27.6 Å². The van der Waals surface area contributed by atoms with Gasteiger partial charge < -0.3 is 9.14 Å². The quantitative estimate of drug-likeness (QED) is 0.630. The smallest absolute Gasteiger partial charge is 0.340 e. The van der Waals surface area contributed by atoms with E-state index in [-0.39, 0.29) is 5.97 Å². The molecule has 0 aliphatic rings. The third kappa shape index (κ3) is 1.83. The van der Waals surface area contributed by atoms with Crippen LogP contribution in [0.3, 0.4) is 0 Å². The van der Waals surface area contributed by atoms with Gasteiger partial charge in [0.2, 0.25) is 0 Å². The first-order valence-electron chi connectivity index (χ1n) is 4.52. The van der Waals surface area contributed by atoms with E-state index in [1.54, 1.807) is 25.4 Å². The van der Waals surface area contributed by atoms with Gasteiger partial charge in [0.15, 0.2) is 0 Å². The molecule has 0 fully saturated rings. The van der Waals surface area contributed by atoms with E-state index in [4.69, 9.17) is 4.74 Å². The summed E-state index contributed by atoms with van der Waals surface area (Å²) in [7, 11) is 0. The lowest BCUT2D eigenvalue weighted by Crippen LogP contribution is -2.06. The lowest BCUT2D eigenvalue weighted by molar-refractivity contribution is 0.0528. The molecule has 4 nitrogen and oxygen atoms in total. The van der Waals surface area contributed by atoms with Gasteiger partial charge in [-0.05, 0) is 41.6 Å². The second-order valence-corrected chi connectivity index (χ2v) is 3.96. The Labute approximate surface area is 100 Å². The topological polar surface area (TPSA) is 43.6 Å². The summed E-state index contributed by atoms with van der Waals surface area (Å²) in [4.78, 5) is 15.8. The van der Waals surface area contributed by atoms with Crippen molar-refractivity contribution < 1.29 is 9.53 Å². The molecule has 0 radical (unpaired) electrons. The van der Waals surface area contributed by atoms with Crippen molar-refractivity contribution in [1.82, 2.24) is 9.38 Å². The molecule has 2 rings (SSSR count). The predicted molar refractivity (Wildman–Crippen MR) is 63.9 cm³/mol. The van der Waals surface area contributed by atoms with Crippen molar-refractivity contribution in [3.8, 4) is 0 Å². The highest BCUT2D eigenvalue weighted by molar-refractivity contribution is 14.1. The number of fused-ring (bicyclic) bond motifs is 1. The molecular formula is C10H9IN2O2. The summed E-state index contributed by atoms with van der Waals surface area (Å²) < 4.78 is 7.59. The Kier molecular flexibility index (Phi) is 2.90. The van der Waals surface area contributed by atoms with Crippen molar-refractivity contribution >= 4 is 34.1 Å². The Balaban J connectivity index is 2.59. The maximum atomic E-state index is 11.6. The van der Waals surface area contributed by atoms with Crippen molar-refractivity contribution in [2.24, 2.45) is 0 Å². The summed E-state index contributed by atoms with van der Waals surface area (Å²) in [6.45, 7) is 2.17. The zero-order chi connectivity index (χ0) is 10.8. The van der Waals surface area contributed by atoms with Crippen LogP contribution in [0.15, 0.2) is 24.7 Å². The van der Waals surface area contributed by atoms with Crippen LogP contribution in [0.1, 0.15) is 17.3 Å². The maximum Gasteiger partial charge on any atom is 0.340 e. The van der Waals surface area contributed by atoms with Gasteiger partial charge in [0.25, 0.3) is 0 Å². The van der Waals surface area contributed by atoms with Gasteiger partial charge >= 0.3 is 5.97 Å². The number of esters is 1. The normalized spacial score (nSPS) is 10.5. The fraction of sp³-hybridized carbons (Fsp3) is 0.200. The molecule has 0 unspecified atom stereocenters. The van der Waals surface area contributed by atoms with Crippen LogP contribution in [0.25, 0.3) is 5.52 Å². The molecule has 5 heteroatoms. The minimum absolute atomic E-state index is 0.304. The molecule has 2 heterocycles. The summed E-state index contributed by atoms with van der Waals surface area (Å²) in [5.41, 5.74) is 1.36. The van der Waals surface area contributed by atoms with Gasteiger partial charge in [0.1, 0.15) is 10.0 Å². The zero-order valence-electron chi connectivity index (χ0n) is 8.11. The van der Waals surface area contributed by atoms with E-state index in [1.165, 1.54) is 0 Å². The van der Waals surface area contributed by atoms with Crippen molar-refractivity contribution in [1.29, 1.82) is 0 Å². The van der Waals surface area contributed by atoms with Gasteiger partial charge in [-0.25, -0.2) is 9.78 Å². The molecule has 0 aliphatic heterocycles. The predicted octanol–water partition coefficient (Wildman–Crippen LogP) is 2.12. The molecule has 2 aromatic rings. The molecule has 78 valence electrons. The molecule has 0 saturated carbocycles. The number of nitrogens with zero attached hydrogens (tertiary/aromatic N) is 2. The van der Waals surface area contributed by atoms with Crippen LogP contribution < -0.4 is 0 Å². The van der Waals surface area contributed by atoms with Gasteiger partial charge in [-0.3, -0.25) is 0 Å². The Morgan fingerprint density at radius 2 is 2.47 bits per heavy atom. The van der Waals surface area contributed by atoms with E-state index in [1.807, 2.05) is 10.6 Å². The average Bonchev–Trinajstić information content (AvgIpc) is 2.61. The summed E-state index contributed by atoms with van der Waals surface area (Å²) >= 11 is 2.10. The standard InChI is InChI=1S/C10H9IN2O2/c1-2-15-10(14)7-4-3-5-13-6-12-9(11)8(7)13/h3-6H,2H2,1H3. The van der Waals surface area contributed by atoms with Gasteiger partial charge in [-0.1, -0.05) is 0 Å². The molecule has 0 aromatic carbocycles. The molecule has 0 spiro atoms. The summed E-state index contributed by atoms with van der Waals surface area (Å²) in [5.74, 6) is -0.304. The highest BCUT2D eigenvalue weighted by Gasteiger charge is 2.14. The molecule has 0 N–H and O–H groups in total. The van der Waals surface area contributed by atoms with Crippen LogP contribution in [0, 0.1) is 3.70 Å². The summed E-state index contributed by atoms with van der Waals surface area (Å²) in [5, 5.41) is 0. The average molecular weight is 316 g/mol. The SMILES string of the molecule is CCOC(=O)c1cccn2cnc(I)c12. The van der Waals surface area contributed by atoms with E-state index in [0.29, 0.717) is 12.2 Å². The maximum absolute atomic E-state index is 11.6. The largest absolute Gasteiger partial charge is 0.462 e. The van der Waals surface area contributed by atoms with E-state index < -0.39 is 0 Å². The lowest BCUT2D eigenvalue weighted by atomic mass is 10.2. The van der Waals surface area contributed by atoms with E-state index in [9.17, 15) is 4.79 Å². The minimum Gasteiger partial charge on any atom is -0.462 e. The first-order chi connectivity index (χ1) is 7.24. The number of aromatic nitrogens is 2. The van der Waals surface area contributed by atoms with Crippen LogP contribution in [-0.2, 0) is 4.74 Å². The Hall–Kier alpha value is -1.11. The molecule has 15 heavy (non-hydrogen) atoms. The van der Waals surface area contributed by atoms with Crippen LogP contribution in [0.5, 0.6) is 0 Å². The Bertz CT molecular complexity index is 507. The highest BCUT2D eigenvalue weighted by Crippen LogP contribution is 2.17. The van der Waals surface area contributed by atoms with Crippen LogP contribution in [0.2, 0.25) is 0 Å². The van der Waals surface area contributed by atoms with Crippen LogP contribution in [-0.4, -0.2) is 22.0 Å². The number of ether oxygens (including phenoxy) is 1. The van der Waals surface area contributed by atoms with Crippen molar-refractivity contribution in [3.63, 3.8) is 0 Å². The minimum atomic E-state index is -0.304. The number of rotatable bonds is 2.